The molecule has 0 spiro atoms. The van der Waals surface area contributed by atoms with Gasteiger partial charge in [0.25, 0.3) is 0 Å². The summed E-state index contributed by atoms with van der Waals surface area (Å²) in [6.45, 7) is 1.99. The molecule has 1 aromatic carbocycles. The van der Waals surface area contributed by atoms with Crippen LogP contribution in [0.15, 0.2) is 50.8 Å². The summed E-state index contributed by atoms with van der Waals surface area (Å²) in [5, 5.41) is 11.9. The second kappa shape index (κ2) is 8.32. The summed E-state index contributed by atoms with van der Waals surface area (Å²) in [5.41, 5.74) is 2.69. The van der Waals surface area contributed by atoms with Gasteiger partial charge in [0, 0.05) is 34.0 Å². The molecular weight excluding hydrogens is 482 g/mol. The van der Waals surface area contributed by atoms with Crippen molar-refractivity contribution >= 4 is 55.2 Å². The molecule has 1 N–H and O–H groups in total. The fraction of sp³-hybridized carbons (Fsp3) is 0.176. The number of halogens is 2. The molecule has 0 saturated heterocycles. The number of aryl methyl sites for hydroxylation is 1. The van der Waals surface area contributed by atoms with Crippen LogP contribution in [-0.2, 0) is 11.8 Å². The van der Waals surface area contributed by atoms with Gasteiger partial charge in [-0.05, 0) is 68.6 Å². The number of hydrogen-bond acceptors (Lipinski definition) is 5. The molecule has 0 unspecified atom stereocenters. The van der Waals surface area contributed by atoms with E-state index in [9.17, 15) is 4.79 Å². The minimum Gasteiger partial charge on any atom is -0.323 e. The predicted molar refractivity (Wildman–Crippen MR) is 110 cm³/mol. The monoisotopic (exact) mass is 495 g/mol. The van der Waals surface area contributed by atoms with Gasteiger partial charge >= 0.3 is 0 Å². The van der Waals surface area contributed by atoms with Crippen LogP contribution in [0.4, 0.5) is 5.69 Å². The Bertz CT molecular complexity index is 923. The number of nitrogens with zero attached hydrogens (tertiary/aromatic N) is 4. The molecule has 0 aliphatic rings. The molecule has 2 heterocycles. The maximum Gasteiger partial charge on any atom is 0.234 e. The van der Waals surface area contributed by atoms with Gasteiger partial charge in [-0.3, -0.25) is 9.78 Å². The van der Waals surface area contributed by atoms with Crippen molar-refractivity contribution in [2.24, 2.45) is 7.05 Å². The highest BCUT2D eigenvalue weighted by Gasteiger charge is 2.14. The predicted octanol–water partition coefficient (Wildman–Crippen LogP) is 4.44. The fourth-order valence-electron chi connectivity index (χ4n) is 2.31. The Kier molecular flexibility index (Phi) is 6.10. The molecular formula is C17H15Br2N5OS. The molecule has 0 radical (unpaired) electrons. The average Bonchev–Trinajstić information content (AvgIpc) is 2.98. The van der Waals surface area contributed by atoms with Gasteiger partial charge in [-0.2, -0.15) is 0 Å². The number of thioether (sulfide) groups is 1. The summed E-state index contributed by atoms with van der Waals surface area (Å²) < 4.78 is 3.52. The zero-order chi connectivity index (χ0) is 18.7. The third kappa shape index (κ3) is 4.33. The number of aromatic nitrogens is 4. The summed E-state index contributed by atoms with van der Waals surface area (Å²) in [4.78, 5) is 16.4. The smallest absolute Gasteiger partial charge is 0.234 e. The number of rotatable bonds is 5. The molecule has 0 bridgehead atoms. The van der Waals surface area contributed by atoms with Crippen molar-refractivity contribution in [2.45, 2.75) is 12.1 Å². The van der Waals surface area contributed by atoms with Crippen LogP contribution in [0.5, 0.6) is 0 Å². The van der Waals surface area contributed by atoms with Gasteiger partial charge in [-0.1, -0.05) is 11.8 Å². The van der Waals surface area contributed by atoms with Crippen LogP contribution in [0.2, 0.25) is 0 Å². The van der Waals surface area contributed by atoms with Gasteiger partial charge in [-0.25, -0.2) is 0 Å². The average molecular weight is 497 g/mol. The Morgan fingerprint density at radius 2 is 2.00 bits per heavy atom. The Hall–Kier alpha value is -1.71. The van der Waals surface area contributed by atoms with Crippen LogP contribution in [0.3, 0.4) is 0 Å². The minimum absolute atomic E-state index is 0.119. The summed E-state index contributed by atoms with van der Waals surface area (Å²) in [6, 6.07) is 7.68. The van der Waals surface area contributed by atoms with Crippen LogP contribution in [0, 0.1) is 6.92 Å². The molecule has 6 nitrogen and oxygen atoms in total. The van der Waals surface area contributed by atoms with Gasteiger partial charge in [0.15, 0.2) is 11.0 Å². The molecule has 26 heavy (non-hydrogen) atoms. The molecule has 134 valence electrons. The quantitative estimate of drug-likeness (QED) is 0.528. The van der Waals surface area contributed by atoms with Gasteiger partial charge in [0.1, 0.15) is 0 Å². The summed E-state index contributed by atoms with van der Waals surface area (Å²) in [5.74, 6) is 0.822. The lowest BCUT2D eigenvalue weighted by atomic mass is 10.2. The van der Waals surface area contributed by atoms with Crippen molar-refractivity contribution in [3.8, 4) is 11.4 Å². The number of pyridine rings is 1. The molecule has 9 heteroatoms. The number of anilines is 1. The first kappa shape index (κ1) is 19.1. The minimum atomic E-state index is -0.119. The molecule has 1 amide bonds. The van der Waals surface area contributed by atoms with Crippen molar-refractivity contribution in [1.29, 1.82) is 0 Å². The third-order valence-corrected chi connectivity index (χ3v) is 5.81. The van der Waals surface area contributed by atoms with Gasteiger partial charge in [-0.15, -0.1) is 10.2 Å². The molecule has 3 aromatic rings. The van der Waals surface area contributed by atoms with Crippen LogP contribution in [0.1, 0.15) is 5.56 Å². The molecule has 0 aliphatic heterocycles. The van der Waals surface area contributed by atoms with Gasteiger partial charge in [0.2, 0.25) is 5.91 Å². The van der Waals surface area contributed by atoms with Crippen LogP contribution >= 0.6 is 43.6 Å². The standard InChI is InChI=1S/C17H15Br2N5OS/c1-10-6-12(18)15(13(19)7-10)21-14(25)9-26-17-23-22-16(24(17)2)11-4-3-5-20-8-11/h3-8H,9H2,1-2H3,(H,21,25). The second-order valence-electron chi connectivity index (χ2n) is 5.55. The maximum absolute atomic E-state index is 12.3. The van der Waals surface area contributed by atoms with Gasteiger partial charge in [0.05, 0.1) is 11.4 Å². The highest BCUT2D eigenvalue weighted by molar-refractivity contribution is 9.11. The number of amides is 1. The van der Waals surface area contributed by atoms with Crippen molar-refractivity contribution in [3.63, 3.8) is 0 Å². The summed E-state index contributed by atoms with van der Waals surface area (Å²) >= 11 is 8.29. The zero-order valence-electron chi connectivity index (χ0n) is 14.0. The largest absolute Gasteiger partial charge is 0.323 e. The zero-order valence-corrected chi connectivity index (χ0v) is 18.0. The lowest BCUT2D eigenvalue weighted by Gasteiger charge is -2.10. The first-order chi connectivity index (χ1) is 12.5. The van der Waals surface area contributed by atoms with Crippen LogP contribution in [0.25, 0.3) is 11.4 Å². The van der Waals surface area contributed by atoms with Gasteiger partial charge < -0.3 is 9.88 Å². The molecule has 2 aromatic heterocycles. The molecule has 0 aliphatic carbocycles. The Balaban J connectivity index is 1.67. The van der Waals surface area contributed by atoms with Crippen molar-refractivity contribution in [1.82, 2.24) is 19.7 Å². The number of hydrogen-bond donors (Lipinski definition) is 1. The number of carbonyl (C=O) groups is 1. The Morgan fingerprint density at radius 1 is 1.27 bits per heavy atom. The third-order valence-electron chi connectivity index (χ3n) is 3.54. The topological polar surface area (TPSA) is 72.7 Å². The number of carbonyl (C=O) groups excluding carboxylic acids is 1. The van der Waals surface area contributed by atoms with Crippen molar-refractivity contribution in [2.75, 3.05) is 11.1 Å². The fourth-order valence-corrected chi connectivity index (χ4v) is 4.64. The number of benzene rings is 1. The van der Waals surface area contributed by atoms with Crippen LogP contribution in [-0.4, -0.2) is 31.4 Å². The van der Waals surface area contributed by atoms with E-state index in [1.807, 2.05) is 42.8 Å². The first-order valence-corrected chi connectivity index (χ1v) is 10.2. The normalized spacial score (nSPS) is 10.8. The van der Waals surface area contributed by atoms with E-state index in [0.717, 1.165) is 25.8 Å². The van der Waals surface area contributed by atoms with E-state index in [1.54, 1.807) is 12.4 Å². The molecule has 0 fully saturated rings. The van der Waals surface area contributed by atoms with E-state index in [-0.39, 0.29) is 11.7 Å². The van der Waals surface area contributed by atoms with E-state index in [4.69, 9.17) is 0 Å². The van der Waals surface area contributed by atoms with E-state index in [1.165, 1.54) is 11.8 Å². The highest BCUT2D eigenvalue weighted by Crippen LogP contribution is 2.32. The van der Waals surface area contributed by atoms with E-state index >= 15 is 0 Å². The first-order valence-electron chi connectivity index (χ1n) is 7.64. The van der Waals surface area contributed by atoms with Crippen LogP contribution < -0.4 is 5.32 Å². The van der Waals surface area contributed by atoms with E-state index in [2.05, 4.69) is 52.4 Å². The summed E-state index contributed by atoms with van der Waals surface area (Å²) in [7, 11) is 1.87. The van der Waals surface area contributed by atoms with E-state index in [0.29, 0.717) is 11.0 Å². The molecule has 0 saturated carbocycles. The maximum atomic E-state index is 12.3. The lowest BCUT2D eigenvalue weighted by Crippen LogP contribution is -2.15. The molecule has 3 rings (SSSR count). The lowest BCUT2D eigenvalue weighted by molar-refractivity contribution is -0.113. The van der Waals surface area contributed by atoms with E-state index < -0.39 is 0 Å². The highest BCUT2D eigenvalue weighted by atomic mass is 79.9. The summed E-state index contributed by atoms with van der Waals surface area (Å²) in [6.07, 6.45) is 3.44. The molecule has 0 atom stereocenters. The van der Waals surface area contributed by atoms with Crippen molar-refractivity contribution in [3.05, 3.63) is 51.2 Å². The number of nitrogens with one attached hydrogen (secondary N) is 1. The van der Waals surface area contributed by atoms with Crippen molar-refractivity contribution < 1.29 is 4.79 Å². The SMILES string of the molecule is Cc1cc(Br)c(NC(=O)CSc2nnc(-c3cccnc3)n2C)c(Br)c1. The Morgan fingerprint density at radius 3 is 2.65 bits per heavy atom. The second-order valence-corrected chi connectivity index (χ2v) is 8.20. The Labute approximate surface area is 172 Å².